The van der Waals surface area contributed by atoms with E-state index in [4.69, 9.17) is 9.47 Å². The van der Waals surface area contributed by atoms with Gasteiger partial charge in [-0.2, -0.15) is 0 Å². The lowest BCUT2D eigenvalue weighted by atomic mass is 10.1. The predicted octanol–water partition coefficient (Wildman–Crippen LogP) is 1.42. The van der Waals surface area contributed by atoms with E-state index >= 15 is 0 Å². The topological polar surface area (TPSA) is 35.5 Å². The second kappa shape index (κ2) is 4.88. The molecule has 3 nitrogen and oxygen atoms in total. The van der Waals surface area contributed by atoms with Crippen molar-refractivity contribution < 1.29 is 14.3 Å². The Bertz CT molecular complexity index is 278. The minimum absolute atomic E-state index is 0.421. The van der Waals surface area contributed by atoms with Gasteiger partial charge in [0.25, 0.3) is 0 Å². The van der Waals surface area contributed by atoms with E-state index in [-0.39, 0.29) is 0 Å². The molecule has 0 atom stereocenters. The maximum atomic E-state index is 10.8. The van der Waals surface area contributed by atoms with E-state index in [2.05, 4.69) is 0 Å². The normalized spacial score (nSPS) is 11.3. The van der Waals surface area contributed by atoms with Crippen LogP contribution in [0.2, 0.25) is 0 Å². The van der Waals surface area contributed by atoms with Crippen molar-refractivity contribution in [3.8, 4) is 0 Å². The lowest BCUT2D eigenvalue weighted by Crippen LogP contribution is -2.38. The van der Waals surface area contributed by atoms with Gasteiger partial charge in [-0.3, -0.25) is 4.79 Å². The predicted molar refractivity (Wildman–Crippen MR) is 53.0 cm³/mol. The van der Waals surface area contributed by atoms with Gasteiger partial charge in [0.2, 0.25) is 5.79 Å². The van der Waals surface area contributed by atoms with Gasteiger partial charge in [0.1, 0.15) is 0 Å². The molecule has 1 rings (SSSR count). The first-order valence-corrected chi connectivity index (χ1v) is 4.37. The standard InChI is InChI=1S/C11H14O3/c1-13-11(9-12,14-2)8-10-6-4-3-5-7-10/h3-7,9H,8H2,1-2H3. The van der Waals surface area contributed by atoms with E-state index in [1.165, 1.54) is 14.2 Å². The van der Waals surface area contributed by atoms with Gasteiger partial charge in [0.05, 0.1) is 0 Å². The number of methoxy groups -OCH3 is 2. The van der Waals surface area contributed by atoms with Crippen molar-refractivity contribution in [1.82, 2.24) is 0 Å². The number of carbonyl (C=O) groups excluding carboxylic acids is 1. The fourth-order valence-electron chi connectivity index (χ4n) is 1.25. The number of carbonyl (C=O) groups is 1. The van der Waals surface area contributed by atoms with Crippen molar-refractivity contribution >= 4 is 6.29 Å². The van der Waals surface area contributed by atoms with E-state index in [0.717, 1.165) is 5.56 Å². The Morgan fingerprint density at radius 3 is 2.21 bits per heavy atom. The van der Waals surface area contributed by atoms with E-state index in [1.807, 2.05) is 30.3 Å². The zero-order valence-corrected chi connectivity index (χ0v) is 8.40. The molecule has 0 amide bonds. The van der Waals surface area contributed by atoms with Crippen LogP contribution in [0.25, 0.3) is 0 Å². The van der Waals surface area contributed by atoms with Crippen LogP contribution < -0.4 is 0 Å². The zero-order valence-electron chi connectivity index (χ0n) is 8.40. The third kappa shape index (κ3) is 2.40. The molecule has 0 N–H and O–H groups in total. The molecule has 0 unspecified atom stereocenters. The third-order valence-corrected chi connectivity index (χ3v) is 2.16. The first kappa shape index (κ1) is 10.9. The van der Waals surface area contributed by atoms with Crippen LogP contribution in [0, 0.1) is 0 Å². The summed E-state index contributed by atoms with van der Waals surface area (Å²) in [4.78, 5) is 10.8. The molecule has 0 heterocycles. The fraction of sp³-hybridized carbons (Fsp3) is 0.364. The summed E-state index contributed by atoms with van der Waals surface area (Å²) >= 11 is 0. The van der Waals surface area contributed by atoms with Crippen LogP contribution >= 0.6 is 0 Å². The average molecular weight is 194 g/mol. The van der Waals surface area contributed by atoms with E-state index in [1.54, 1.807) is 0 Å². The molecule has 0 aromatic heterocycles. The first-order chi connectivity index (χ1) is 6.76. The number of hydrogen-bond acceptors (Lipinski definition) is 3. The smallest absolute Gasteiger partial charge is 0.229 e. The van der Waals surface area contributed by atoms with Crippen molar-refractivity contribution in [2.45, 2.75) is 12.2 Å². The maximum absolute atomic E-state index is 10.8. The molecule has 0 radical (unpaired) electrons. The quantitative estimate of drug-likeness (QED) is 0.525. The van der Waals surface area contributed by atoms with Crippen molar-refractivity contribution in [3.63, 3.8) is 0 Å². The highest BCUT2D eigenvalue weighted by Gasteiger charge is 2.29. The summed E-state index contributed by atoms with van der Waals surface area (Å²) in [6.07, 6.45) is 1.10. The molecule has 0 aliphatic heterocycles. The molecular weight excluding hydrogens is 180 g/mol. The largest absolute Gasteiger partial charge is 0.347 e. The van der Waals surface area contributed by atoms with Crippen LogP contribution in [0.3, 0.4) is 0 Å². The molecule has 76 valence electrons. The van der Waals surface area contributed by atoms with Crippen LogP contribution in [0.1, 0.15) is 5.56 Å². The molecule has 0 aliphatic rings. The second-order valence-electron chi connectivity index (χ2n) is 3.00. The van der Waals surface area contributed by atoms with Crippen LogP contribution in [-0.2, 0) is 20.7 Å². The van der Waals surface area contributed by atoms with Gasteiger partial charge in [-0.15, -0.1) is 0 Å². The fourth-order valence-corrected chi connectivity index (χ4v) is 1.25. The molecule has 1 aromatic carbocycles. The summed E-state index contributed by atoms with van der Waals surface area (Å²) in [6, 6.07) is 9.60. The molecule has 3 heteroatoms. The Balaban J connectivity index is 2.79. The Morgan fingerprint density at radius 1 is 1.21 bits per heavy atom. The number of rotatable bonds is 5. The highest BCUT2D eigenvalue weighted by Crippen LogP contribution is 2.15. The molecule has 0 saturated carbocycles. The zero-order chi connectivity index (χ0) is 10.4. The van der Waals surface area contributed by atoms with Crippen LogP contribution in [0.4, 0.5) is 0 Å². The molecule has 0 saturated heterocycles. The summed E-state index contributed by atoms with van der Waals surface area (Å²) in [5.41, 5.74) is 1.00. The number of aldehydes is 1. The van der Waals surface area contributed by atoms with Gasteiger partial charge in [-0.1, -0.05) is 30.3 Å². The Hall–Kier alpha value is -1.19. The highest BCUT2D eigenvalue weighted by molar-refractivity contribution is 5.61. The average Bonchev–Trinajstić information content (AvgIpc) is 2.28. The van der Waals surface area contributed by atoms with E-state index < -0.39 is 5.79 Å². The van der Waals surface area contributed by atoms with Crippen molar-refractivity contribution in [1.29, 1.82) is 0 Å². The Morgan fingerprint density at radius 2 is 1.79 bits per heavy atom. The molecular formula is C11H14O3. The summed E-state index contributed by atoms with van der Waals surface area (Å²) in [5.74, 6) is -1.15. The highest BCUT2D eigenvalue weighted by atomic mass is 16.7. The summed E-state index contributed by atoms with van der Waals surface area (Å²) in [6.45, 7) is 0. The lowest BCUT2D eigenvalue weighted by Gasteiger charge is -2.24. The molecule has 1 aromatic rings. The summed E-state index contributed by atoms with van der Waals surface area (Å²) in [5, 5.41) is 0. The van der Waals surface area contributed by atoms with Gasteiger partial charge in [0.15, 0.2) is 6.29 Å². The van der Waals surface area contributed by atoms with Crippen LogP contribution in [0.15, 0.2) is 30.3 Å². The monoisotopic (exact) mass is 194 g/mol. The van der Waals surface area contributed by atoms with Gasteiger partial charge < -0.3 is 9.47 Å². The maximum Gasteiger partial charge on any atom is 0.229 e. The van der Waals surface area contributed by atoms with Gasteiger partial charge >= 0.3 is 0 Å². The van der Waals surface area contributed by atoms with E-state index in [9.17, 15) is 4.79 Å². The molecule has 14 heavy (non-hydrogen) atoms. The number of benzene rings is 1. The molecule has 0 aliphatic carbocycles. The Labute approximate surface area is 83.6 Å². The number of ether oxygens (including phenoxy) is 2. The van der Waals surface area contributed by atoms with E-state index in [0.29, 0.717) is 12.7 Å². The minimum Gasteiger partial charge on any atom is -0.347 e. The van der Waals surface area contributed by atoms with Crippen molar-refractivity contribution in [2.24, 2.45) is 0 Å². The first-order valence-electron chi connectivity index (χ1n) is 4.37. The SMILES string of the molecule is COC(C=O)(Cc1ccccc1)OC. The minimum atomic E-state index is -1.15. The lowest BCUT2D eigenvalue weighted by molar-refractivity contribution is -0.194. The summed E-state index contributed by atoms with van der Waals surface area (Å²) < 4.78 is 10.1. The molecule has 0 bridgehead atoms. The second-order valence-corrected chi connectivity index (χ2v) is 3.00. The number of hydrogen-bond donors (Lipinski definition) is 0. The van der Waals surface area contributed by atoms with Crippen LogP contribution in [0.5, 0.6) is 0 Å². The van der Waals surface area contributed by atoms with Crippen LogP contribution in [-0.4, -0.2) is 26.3 Å². The molecule has 0 spiro atoms. The van der Waals surface area contributed by atoms with Gasteiger partial charge in [-0.05, 0) is 5.56 Å². The van der Waals surface area contributed by atoms with Gasteiger partial charge in [0, 0.05) is 20.6 Å². The van der Waals surface area contributed by atoms with Crippen molar-refractivity contribution in [2.75, 3.05) is 14.2 Å². The Kier molecular flexibility index (Phi) is 3.80. The van der Waals surface area contributed by atoms with Crippen molar-refractivity contribution in [3.05, 3.63) is 35.9 Å². The summed E-state index contributed by atoms with van der Waals surface area (Å²) in [7, 11) is 2.92. The van der Waals surface area contributed by atoms with Gasteiger partial charge in [-0.25, -0.2) is 0 Å². The third-order valence-electron chi connectivity index (χ3n) is 2.16. The molecule has 0 fully saturated rings.